The highest BCUT2D eigenvalue weighted by Gasteiger charge is 2.22. The van der Waals surface area contributed by atoms with Gasteiger partial charge >= 0.3 is 5.97 Å². The first-order chi connectivity index (χ1) is 14.9. The van der Waals surface area contributed by atoms with Crippen molar-refractivity contribution in [2.75, 3.05) is 11.9 Å². The number of nitro benzene ring substituents is 1. The largest absolute Gasteiger partial charge is 0.462 e. The van der Waals surface area contributed by atoms with Crippen LogP contribution in [0.15, 0.2) is 47.1 Å². The second-order valence-corrected chi connectivity index (χ2v) is 7.45. The van der Waals surface area contributed by atoms with E-state index in [-0.39, 0.29) is 30.1 Å². The summed E-state index contributed by atoms with van der Waals surface area (Å²) in [5, 5.41) is 23.9. The zero-order valence-corrected chi connectivity index (χ0v) is 18.4. The van der Waals surface area contributed by atoms with Gasteiger partial charge < -0.3 is 15.0 Å². The van der Waals surface area contributed by atoms with Crippen LogP contribution in [0.2, 0.25) is 0 Å². The molecule has 0 aliphatic rings. The number of aryl methyl sites for hydroxylation is 1. The predicted octanol–water partition coefficient (Wildman–Crippen LogP) is 5.32. The van der Waals surface area contributed by atoms with E-state index in [1.165, 1.54) is 18.2 Å². The Balaban J connectivity index is 1.87. The Morgan fingerprint density at radius 2 is 2.00 bits per heavy atom. The highest BCUT2D eigenvalue weighted by atomic mass is 79.9. The van der Waals surface area contributed by atoms with Crippen LogP contribution >= 0.6 is 15.9 Å². The molecule has 0 amide bonds. The summed E-state index contributed by atoms with van der Waals surface area (Å²) in [5.41, 5.74) is 3.85. The number of aromatic amines is 1. The first-order valence-corrected chi connectivity index (χ1v) is 10.2. The number of para-hydroxylation sites is 1. The number of halogens is 1. The van der Waals surface area contributed by atoms with Crippen LogP contribution in [0.5, 0.6) is 0 Å². The number of ether oxygens (including phenoxy) is 1. The molecule has 3 rings (SSSR count). The minimum Gasteiger partial charge on any atom is -0.462 e. The van der Waals surface area contributed by atoms with E-state index < -0.39 is 10.9 Å². The van der Waals surface area contributed by atoms with E-state index >= 15 is 0 Å². The molecular weight excluding hydrogens is 464 g/mol. The standard InChI is InChI=1S/C22H19BrN4O4/c1-3-31-22(28)16-5-4-6-18(27(29)30)20(16)25-12-14-7-9-15(10-8-14)19-17(11-24)13(2)26-21(19)23/h4-10,25-26H,3,12H2,1-2H3. The second kappa shape index (κ2) is 9.45. The van der Waals surface area contributed by atoms with Crippen molar-refractivity contribution in [3.8, 4) is 17.2 Å². The monoisotopic (exact) mass is 482 g/mol. The fraction of sp³-hybridized carbons (Fsp3) is 0.182. The molecule has 1 heterocycles. The maximum Gasteiger partial charge on any atom is 0.340 e. The number of nitrogens with one attached hydrogen (secondary N) is 2. The number of hydrogen-bond acceptors (Lipinski definition) is 6. The van der Waals surface area contributed by atoms with Crippen molar-refractivity contribution in [1.29, 1.82) is 5.26 Å². The fourth-order valence-corrected chi connectivity index (χ4v) is 3.96. The summed E-state index contributed by atoms with van der Waals surface area (Å²) in [4.78, 5) is 26.2. The Bertz CT molecular complexity index is 1180. The molecule has 0 atom stereocenters. The molecule has 31 heavy (non-hydrogen) atoms. The quantitative estimate of drug-likeness (QED) is 0.267. The molecule has 0 unspecified atom stereocenters. The summed E-state index contributed by atoms with van der Waals surface area (Å²) < 4.78 is 5.75. The van der Waals surface area contributed by atoms with Gasteiger partial charge in [-0.2, -0.15) is 5.26 Å². The molecule has 0 spiro atoms. The maximum atomic E-state index is 12.2. The Morgan fingerprint density at radius 1 is 1.29 bits per heavy atom. The van der Waals surface area contributed by atoms with Crippen molar-refractivity contribution in [2.24, 2.45) is 0 Å². The second-order valence-electron chi connectivity index (χ2n) is 6.65. The molecule has 8 nitrogen and oxygen atoms in total. The average Bonchev–Trinajstić information content (AvgIpc) is 3.05. The zero-order chi connectivity index (χ0) is 22.5. The number of esters is 1. The third-order valence-corrected chi connectivity index (χ3v) is 5.29. The lowest BCUT2D eigenvalue weighted by Crippen LogP contribution is -2.11. The molecule has 2 N–H and O–H groups in total. The number of nitriles is 1. The Morgan fingerprint density at radius 3 is 2.61 bits per heavy atom. The number of carbonyl (C=O) groups excluding carboxylic acids is 1. The lowest BCUT2D eigenvalue weighted by Gasteiger charge is -2.12. The van der Waals surface area contributed by atoms with E-state index in [0.29, 0.717) is 5.56 Å². The molecule has 0 bridgehead atoms. The van der Waals surface area contributed by atoms with Crippen LogP contribution in [0.3, 0.4) is 0 Å². The molecule has 2 aromatic carbocycles. The van der Waals surface area contributed by atoms with E-state index in [4.69, 9.17) is 4.74 Å². The fourth-order valence-electron chi connectivity index (χ4n) is 3.23. The lowest BCUT2D eigenvalue weighted by atomic mass is 10.0. The molecule has 158 valence electrons. The van der Waals surface area contributed by atoms with Gasteiger partial charge in [-0.15, -0.1) is 0 Å². The molecule has 0 aliphatic carbocycles. The number of rotatable bonds is 7. The molecular formula is C22H19BrN4O4. The van der Waals surface area contributed by atoms with Crippen molar-refractivity contribution < 1.29 is 14.5 Å². The Kier molecular flexibility index (Phi) is 6.72. The van der Waals surface area contributed by atoms with Crippen LogP contribution in [-0.4, -0.2) is 22.5 Å². The van der Waals surface area contributed by atoms with Crippen LogP contribution in [0.4, 0.5) is 11.4 Å². The van der Waals surface area contributed by atoms with Crippen molar-refractivity contribution in [2.45, 2.75) is 20.4 Å². The van der Waals surface area contributed by atoms with Crippen molar-refractivity contribution >= 4 is 33.3 Å². The molecule has 3 aromatic rings. The van der Waals surface area contributed by atoms with Crippen molar-refractivity contribution in [3.63, 3.8) is 0 Å². The minimum absolute atomic E-state index is 0.109. The number of aromatic nitrogens is 1. The highest BCUT2D eigenvalue weighted by Crippen LogP contribution is 2.34. The molecule has 0 fully saturated rings. The summed E-state index contributed by atoms with van der Waals surface area (Å²) >= 11 is 3.45. The number of anilines is 1. The van der Waals surface area contributed by atoms with E-state index in [9.17, 15) is 20.2 Å². The maximum absolute atomic E-state index is 12.2. The summed E-state index contributed by atoms with van der Waals surface area (Å²) in [5.74, 6) is -0.624. The third kappa shape index (κ3) is 4.59. The van der Waals surface area contributed by atoms with Crippen molar-refractivity contribution in [3.05, 3.63) is 79.6 Å². The summed E-state index contributed by atoms with van der Waals surface area (Å²) in [6.07, 6.45) is 0. The zero-order valence-electron chi connectivity index (χ0n) is 16.9. The molecule has 0 saturated carbocycles. The molecule has 0 aliphatic heterocycles. The van der Waals surface area contributed by atoms with Crippen LogP contribution < -0.4 is 5.32 Å². The minimum atomic E-state index is -0.624. The van der Waals surface area contributed by atoms with Gasteiger partial charge in [-0.05, 0) is 47.0 Å². The van der Waals surface area contributed by atoms with E-state index in [0.717, 1.165) is 27.0 Å². The Labute approximate surface area is 187 Å². The predicted molar refractivity (Wildman–Crippen MR) is 120 cm³/mol. The number of benzene rings is 2. The Hall–Kier alpha value is -3.64. The van der Waals surface area contributed by atoms with Crippen molar-refractivity contribution in [1.82, 2.24) is 4.98 Å². The summed E-state index contributed by atoms with van der Waals surface area (Å²) in [6.45, 7) is 3.93. The van der Waals surface area contributed by atoms with Gasteiger partial charge in [-0.1, -0.05) is 30.3 Å². The van der Waals surface area contributed by atoms with E-state index in [2.05, 4.69) is 32.3 Å². The first-order valence-electron chi connectivity index (χ1n) is 9.43. The first kappa shape index (κ1) is 22.1. The summed E-state index contributed by atoms with van der Waals surface area (Å²) in [7, 11) is 0. The summed E-state index contributed by atoms with van der Waals surface area (Å²) in [6, 6.07) is 13.9. The van der Waals surface area contributed by atoms with Gasteiger partial charge in [-0.3, -0.25) is 10.1 Å². The van der Waals surface area contributed by atoms with Gasteiger partial charge in [-0.25, -0.2) is 4.79 Å². The number of carbonyl (C=O) groups is 1. The van der Waals surface area contributed by atoms with Gasteiger partial charge in [0.2, 0.25) is 0 Å². The molecule has 1 aromatic heterocycles. The van der Waals surface area contributed by atoms with Crippen LogP contribution in [0.25, 0.3) is 11.1 Å². The van der Waals surface area contributed by atoms with E-state index in [1.54, 1.807) is 6.92 Å². The van der Waals surface area contributed by atoms with Crippen LogP contribution in [-0.2, 0) is 11.3 Å². The highest BCUT2D eigenvalue weighted by molar-refractivity contribution is 9.10. The van der Waals surface area contributed by atoms with Crippen LogP contribution in [0.1, 0.15) is 34.1 Å². The number of nitrogens with zero attached hydrogens (tertiary/aromatic N) is 2. The number of nitro groups is 1. The average molecular weight is 483 g/mol. The van der Waals surface area contributed by atoms with Gasteiger partial charge in [0.1, 0.15) is 11.8 Å². The smallest absolute Gasteiger partial charge is 0.340 e. The SMILES string of the molecule is CCOC(=O)c1cccc([N+](=O)[O-])c1NCc1ccc(-c2c(Br)[nH]c(C)c2C#N)cc1. The molecule has 0 radical (unpaired) electrons. The number of H-pyrrole nitrogens is 1. The van der Waals surface area contributed by atoms with Gasteiger partial charge in [0.25, 0.3) is 5.69 Å². The third-order valence-electron chi connectivity index (χ3n) is 4.70. The lowest BCUT2D eigenvalue weighted by molar-refractivity contribution is -0.384. The molecule has 9 heteroatoms. The van der Waals surface area contributed by atoms with Gasteiger partial charge in [0.05, 0.1) is 27.3 Å². The van der Waals surface area contributed by atoms with E-state index in [1.807, 2.05) is 31.2 Å². The van der Waals surface area contributed by atoms with Gasteiger partial charge in [0.15, 0.2) is 0 Å². The normalized spacial score (nSPS) is 10.4. The number of hydrogen-bond donors (Lipinski definition) is 2. The molecule has 0 saturated heterocycles. The topological polar surface area (TPSA) is 121 Å². The van der Waals surface area contributed by atoms with Crippen LogP contribution in [0, 0.1) is 28.4 Å². The van der Waals surface area contributed by atoms with Gasteiger partial charge in [0, 0.05) is 23.9 Å².